The fourth-order valence-corrected chi connectivity index (χ4v) is 4.15. The largest absolute Gasteiger partial charge is 0.481 e. The van der Waals surface area contributed by atoms with Crippen LogP contribution in [-0.4, -0.2) is 45.9 Å². The van der Waals surface area contributed by atoms with Crippen LogP contribution in [0.4, 0.5) is 0 Å². The van der Waals surface area contributed by atoms with Crippen LogP contribution in [0.3, 0.4) is 0 Å². The summed E-state index contributed by atoms with van der Waals surface area (Å²) in [6.07, 6.45) is 12.7. The third-order valence-electron chi connectivity index (χ3n) is 6.83. The van der Waals surface area contributed by atoms with Gasteiger partial charge in [0, 0.05) is 28.9 Å². The molecule has 7 heteroatoms. The summed E-state index contributed by atoms with van der Waals surface area (Å²) in [5.74, 6) is -2.09. The second-order valence-corrected chi connectivity index (χ2v) is 11.3. The average molecular weight is 511 g/mol. The van der Waals surface area contributed by atoms with Crippen molar-refractivity contribution in [2.45, 2.75) is 79.1 Å². The topological polar surface area (TPSA) is 126 Å². The highest BCUT2D eigenvalue weighted by atomic mass is 16.4. The first kappa shape index (κ1) is 30.0. The molecule has 0 saturated heterocycles. The standard InChI is InChI=1S/C30H38O7/c1-29(2,19-31)13-7-5-9-20-15-24(32)17-22(26(20)34)11-12-23-18-25(33)16-21(27(23)35)10-6-8-14-30(3,4)28(36)37/h11-12,15-18,31H,5-10,13-14,19H2,1-4H3,(H,36,37). The smallest absolute Gasteiger partial charge is 0.309 e. The summed E-state index contributed by atoms with van der Waals surface area (Å²) in [4.78, 5) is 61.4. The van der Waals surface area contributed by atoms with Crippen molar-refractivity contribution in [1.82, 2.24) is 0 Å². The van der Waals surface area contributed by atoms with E-state index in [9.17, 15) is 34.2 Å². The van der Waals surface area contributed by atoms with Crippen molar-refractivity contribution in [1.29, 1.82) is 0 Å². The van der Waals surface area contributed by atoms with Crippen LogP contribution in [0.1, 0.15) is 79.1 Å². The number of carbonyl (C=O) groups excluding carboxylic acids is 4. The lowest BCUT2D eigenvalue weighted by atomic mass is 9.85. The van der Waals surface area contributed by atoms with Gasteiger partial charge in [-0.15, -0.1) is 0 Å². The Morgan fingerprint density at radius 1 is 0.730 bits per heavy atom. The molecule has 0 fully saturated rings. The Labute approximate surface area is 218 Å². The highest BCUT2D eigenvalue weighted by Crippen LogP contribution is 2.27. The summed E-state index contributed by atoms with van der Waals surface area (Å²) in [7, 11) is 0. The van der Waals surface area contributed by atoms with E-state index in [1.54, 1.807) is 13.8 Å². The van der Waals surface area contributed by atoms with Gasteiger partial charge in [-0.05, 0) is 82.1 Å². The first-order valence-electron chi connectivity index (χ1n) is 12.8. The molecule has 200 valence electrons. The second kappa shape index (κ2) is 12.9. The normalized spacial score (nSPS) is 17.1. The van der Waals surface area contributed by atoms with Gasteiger partial charge in [0.15, 0.2) is 23.1 Å². The molecule has 0 aromatic rings. The molecule has 2 aliphatic carbocycles. The number of carbonyl (C=O) groups is 5. The highest BCUT2D eigenvalue weighted by molar-refractivity contribution is 6.23. The molecular weight excluding hydrogens is 472 g/mol. The predicted octanol–water partition coefficient (Wildman–Crippen LogP) is 4.80. The van der Waals surface area contributed by atoms with E-state index in [2.05, 4.69) is 0 Å². The zero-order valence-corrected chi connectivity index (χ0v) is 22.3. The lowest BCUT2D eigenvalue weighted by molar-refractivity contribution is -0.147. The Morgan fingerprint density at radius 2 is 1.16 bits per heavy atom. The van der Waals surface area contributed by atoms with Gasteiger partial charge in [0.2, 0.25) is 0 Å². The molecule has 0 heterocycles. The van der Waals surface area contributed by atoms with E-state index in [-0.39, 0.29) is 46.3 Å². The molecule has 0 aliphatic heterocycles. The zero-order chi connectivity index (χ0) is 27.8. The predicted molar refractivity (Wildman–Crippen MR) is 141 cm³/mol. The number of carboxylic acids is 1. The lowest BCUT2D eigenvalue weighted by Gasteiger charge is -2.21. The number of aliphatic hydroxyl groups excluding tert-OH is 1. The Hall–Kier alpha value is -3.19. The van der Waals surface area contributed by atoms with Crippen LogP contribution in [0.25, 0.3) is 0 Å². The van der Waals surface area contributed by atoms with Crippen molar-refractivity contribution in [3.63, 3.8) is 0 Å². The van der Waals surface area contributed by atoms with E-state index >= 15 is 0 Å². The number of unbranched alkanes of at least 4 members (excludes halogenated alkanes) is 2. The van der Waals surface area contributed by atoms with Crippen LogP contribution < -0.4 is 0 Å². The molecule has 0 aromatic carbocycles. The first-order chi connectivity index (χ1) is 17.3. The number of hydrogen-bond donors (Lipinski definition) is 2. The zero-order valence-electron chi connectivity index (χ0n) is 22.3. The summed E-state index contributed by atoms with van der Waals surface area (Å²) in [5, 5.41) is 18.6. The summed E-state index contributed by atoms with van der Waals surface area (Å²) in [5.41, 5.74) is 0.0539. The Morgan fingerprint density at radius 3 is 1.57 bits per heavy atom. The van der Waals surface area contributed by atoms with Crippen molar-refractivity contribution < 1.29 is 34.2 Å². The van der Waals surface area contributed by atoms with Crippen molar-refractivity contribution in [3.05, 3.63) is 58.7 Å². The number of hydrogen-bond acceptors (Lipinski definition) is 6. The molecule has 0 amide bonds. The maximum Gasteiger partial charge on any atom is 0.309 e. The van der Waals surface area contributed by atoms with Gasteiger partial charge in [-0.25, -0.2) is 0 Å². The first-order valence-corrected chi connectivity index (χ1v) is 12.8. The second-order valence-electron chi connectivity index (χ2n) is 11.3. The van der Waals surface area contributed by atoms with E-state index in [0.717, 1.165) is 12.8 Å². The SMILES string of the molecule is CC(C)(CO)CCCCC1=CC(=O)C=C(C=CC2=CC(=O)C=C(CCCCC(C)(C)C(=O)O)C2=O)C1=O. The molecule has 0 atom stereocenters. The van der Waals surface area contributed by atoms with Gasteiger partial charge >= 0.3 is 5.97 Å². The van der Waals surface area contributed by atoms with Crippen LogP contribution in [0.5, 0.6) is 0 Å². The van der Waals surface area contributed by atoms with Gasteiger partial charge in [-0.3, -0.25) is 24.0 Å². The fourth-order valence-electron chi connectivity index (χ4n) is 4.15. The molecule has 0 bridgehead atoms. The maximum absolute atomic E-state index is 12.9. The Balaban J connectivity index is 1.97. The monoisotopic (exact) mass is 510 g/mol. The van der Waals surface area contributed by atoms with Crippen molar-refractivity contribution in [2.75, 3.05) is 6.61 Å². The number of aliphatic carboxylic acids is 1. The van der Waals surface area contributed by atoms with E-state index in [1.807, 2.05) is 13.8 Å². The van der Waals surface area contributed by atoms with Crippen LogP contribution in [0.15, 0.2) is 58.7 Å². The van der Waals surface area contributed by atoms with Crippen molar-refractivity contribution >= 4 is 29.1 Å². The number of aliphatic hydroxyl groups is 1. The third-order valence-corrected chi connectivity index (χ3v) is 6.83. The Kier molecular flexibility index (Phi) is 10.4. The molecule has 7 nitrogen and oxygen atoms in total. The summed E-state index contributed by atoms with van der Waals surface area (Å²) >= 11 is 0. The third kappa shape index (κ3) is 9.01. The molecule has 0 radical (unpaired) electrons. The molecule has 2 aliphatic rings. The minimum absolute atomic E-state index is 0.0850. The number of allylic oxidation sites excluding steroid dienone is 10. The van der Waals surface area contributed by atoms with Gasteiger partial charge in [0.1, 0.15) is 0 Å². The van der Waals surface area contributed by atoms with Gasteiger partial charge in [-0.1, -0.05) is 38.8 Å². The molecule has 0 spiro atoms. The van der Waals surface area contributed by atoms with Crippen LogP contribution in [0, 0.1) is 10.8 Å². The number of ketones is 4. The summed E-state index contributed by atoms with van der Waals surface area (Å²) < 4.78 is 0. The molecule has 2 rings (SSSR count). The van der Waals surface area contributed by atoms with Gasteiger partial charge in [0.05, 0.1) is 5.41 Å². The molecule has 2 N–H and O–H groups in total. The van der Waals surface area contributed by atoms with E-state index in [1.165, 1.54) is 36.5 Å². The fraction of sp³-hybridized carbons (Fsp3) is 0.500. The van der Waals surface area contributed by atoms with E-state index in [4.69, 9.17) is 0 Å². The van der Waals surface area contributed by atoms with Crippen molar-refractivity contribution in [3.8, 4) is 0 Å². The molecule has 0 unspecified atom stereocenters. The van der Waals surface area contributed by atoms with E-state index < -0.39 is 11.4 Å². The van der Waals surface area contributed by atoms with Crippen LogP contribution in [0.2, 0.25) is 0 Å². The van der Waals surface area contributed by atoms with Gasteiger partial charge in [-0.2, -0.15) is 0 Å². The molecular formula is C30H38O7. The molecule has 0 saturated carbocycles. The van der Waals surface area contributed by atoms with E-state index in [0.29, 0.717) is 49.7 Å². The number of rotatable bonds is 14. The Bertz CT molecular complexity index is 1110. The summed E-state index contributed by atoms with van der Waals surface area (Å²) in [6.45, 7) is 7.34. The maximum atomic E-state index is 12.9. The number of carboxylic acid groups (broad SMARTS) is 1. The highest BCUT2D eigenvalue weighted by Gasteiger charge is 2.27. The minimum Gasteiger partial charge on any atom is -0.481 e. The van der Waals surface area contributed by atoms with Crippen molar-refractivity contribution in [2.24, 2.45) is 10.8 Å². The quantitative estimate of drug-likeness (QED) is 0.254. The van der Waals surface area contributed by atoms with Crippen LogP contribution in [-0.2, 0) is 24.0 Å². The average Bonchev–Trinajstić information content (AvgIpc) is 2.82. The molecule has 0 aromatic heterocycles. The summed E-state index contributed by atoms with van der Waals surface area (Å²) in [6, 6.07) is 0. The van der Waals surface area contributed by atoms with Gasteiger partial charge in [0.25, 0.3) is 0 Å². The van der Waals surface area contributed by atoms with Gasteiger partial charge < -0.3 is 10.2 Å². The molecule has 37 heavy (non-hydrogen) atoms. The lowest BCUT2D eigenvalue weighted by Crippen LogP contribution is -2.23. The minimum atomic E-state index is -0.875. The number of Topliss-reactive ketones (excluding diaryl/α,β-unsaturated/α-hetero) is 2. The van der Waals surface area contributed by atoms with Crippen LogP contribution >= 0.6 is 0 Å².